The predicted molar refractivity (Wildman–Crippen MR) is 103 cm³/mol. The summed E-state index contributed by atoms with van der Waals surface area (Å²) in [6, 6.07) is 5.99. The van der Waals surface area contributed by atoms with Crippen LogP contribution < -0.4 is 5.32 Å². The second kappa shape index (κ2) is 6.77. The van der Waals surface area contributed by atoms with Gasteiger partial charge in [0.25, 0.3) is 0 Å². The first-order chi connectivity index (χ1) is 11.6. The third-order valence-corrected chi connectivity index (χ3v) is 6.38. The highest BCUT2D eigenvalue weighted by Gasteiger charge is 2.34. The first-order valence-corrected chi connectivity index (χ1v) is 10.1. The molecule has 2 aliphatic rings. The number of halogens is 2. The number of phenols is 1. The third-order valence-electron chi connectivity index (χ3n) is 5.29. The molecular weight excluding hydrogens is 432 g/mol. The van der Waals surface area contributed by atoms with Gasteiger partial charge in [-0.25, -0.2) is 0 Å². The van der Waals surface area contributed by atoms with Crippen LogP contribution in [-0.2, 0) is 12.8 Å². The van der Waals surface area contributed by atoms with Crippen molar-refractivity contribution in [1.29, 1.82) is 0 Å². The van der Waals surface area contributed by atoms with Crippen LogP contribution in [0.15, 0.2) is 33.3 Å². The molecule has 0 saturated carbocycles. The summed E-state index contributed by atoms with van der Waals surface area (Å²) >= 11 is 7.30. The first kappa shape index (κ1) is 16.6. The molecule has 1 aromatic heterocycles. The number of nitrogens with zero attached hydrogens (tertiary/aromatic N) is 1. The molecular formula is C19H20Br2N2O. The monoisotopic (exact) mass is 450 g/mol. The van der Waals surface area contributed by atoms with Crippen LogP contribution in [0.5, 0.6) is 5.75 Å². The summed E-state index contributed by atoms with van der Waals surface area (Å²) in [5, 5.41) is 13.5. The zero-order chi connectivity index (χ0) is 16.7. The van der Waals surface area contributed by atoms with E-state index in [1.165, 1.54) is 22.4 Å². The van der Waals surface area contributed by atoms with E-state index in [4.69, 9.17) is 4.98 Å². The minimum atomic E-state index is 0.294. The van der Waals surface area contributed by atoms with Gasteiger partial charge in [0.05, 0.1) is 5.69 Å². The minimum absolute atomic E-state index is 0.294. The van der Waals surface area contributed by atoms with Crippen LogP contribution in [0.4, 0.5) is 0 Å². The van der Waals surface area contributed by atoms with Crippen molar-refractivity contribution in [2.24, 2.45) is 5.92 Å². The maximum Gasteiger partial charge on any atom is 0.116 e. The lowest BCUT2D eigenvalue weighted by Crippen LogP contribution is -2.32. The zero-order valence-electron chi connectivity index (χ0n) is 13.4. The molecule has 4 rings (SSSR count). The van der Waals surface area contributed by atoms with Gasteiger partial charge in [0.2, 0.25) is 0 Å². The van der Waals surface area contributed by atoms with Crippen LogP contribution in [0.1, 0.15) is 41.1 Å². The highest BCUT2D eigenvalue weighted by atomic mass is 79.9. The highest BCUT2D eigenvalue weighted by molar-refractivity contribution is 9.10. The van der Waals surface area contributed by atoms with Crippen LogP contribution in [0.25, 0.3) is 0 Å². The largest absolute Gasteiger partial charge is 0.508 e. The molecule has 0 unspecified atom stereocenters. The van der Waals surface area contributed by atoms with Crippen molar-refractivity contribution in [2.45, 2.75) is 31.6 Å². The fraction of sp³-hybridized carbons (Fsp3) is 0.421. The van der Waals surface area contributed by atoms with Gasteiger partial charge in [0, 0.05) is 21.1 Å². The number of rotatable bonds is 1. The van der Waals surface area contributed by atoms with Crippen molar-refractivity contribution in [2.75, 3.05) is 13.1 Å². The lowest BCUT2D eigenvalue weighted by atomic mass is 9.77. The Labute approximate surface area is 159 Å². The predicted octanol–water partition coefficient (Wildman–Crippen LogP) is 4.54. The minimum Gasteiger partial charge on any atom is -0.508 e. The quantitative estimate of drug-likeness (QED) is 0.668. The molecule has 0 bridgehead atoms. The molecule has 1 fully saturated rings. The smallest absolute Gasteiger partial charge is 0.116 e. The van der Waals surface area contributed by atoms with Gasteiger partial charge in [-0.15, -0.1) is 0 Å². The third kappa shape index (κ3) is 3.02. The lowest BCUT2D eigenvalue weighted by molar-refractivity contribution is 0.337. The normalized spacial score (nSPS) is 21.0. The van der Waals surface area contributed by atoms with Gasteiger partial charge in [0.15, 0.2) is 0 Å². The van der Waals surface area contributed by atoms with Crippen molar-refractivity contribution in [3.05, 3.63) is 55.7 Å². The van der Waals surface area contributed by atoms with E-state index in [9.17, 15) is 5.11 Å². The van der Waals surface area contributed by atoms with Gasteiger partial charge in [-0.1, -0.05) is 15.9 Å². The average molecular weight is 452 g/mol. The summed E-state index contributed by atoms with van der Waals surface area (Å²) in [7, 11) is 0. The average Bonchev–Trinajstić information content (AvgIpc) is 2.72. The van der Waals surface area contributed by atoms with E-state index in [1.807, 2.05) is 18.3 Å². The lowest BCUT2D eigenvalue weighted by Gasteiger charge is -2.32. The van der Waals surface area contributed by atoms with Gasteiger partial charge in [-0.3, -0.25) is 4.98 Å². The maximum atomic E-state index is 10.1. The van der Waals surface area contributed by atoms with Crippen molar-refractivity contribution in [1.82, 2.24) is 10.3 Å². The summed E-state index contributed by atoms with van der Waals surface area (Å²) in [6.45, 7) is 2.14. The molecule has 2 aromatic rings. The van der Waals surface area contributed by atoms with E-state index in [1.54, 1.807) is 0 Å². The molecule has 1 aliphatic heterocycles. The molecule has 0 spiro atoms. The second-order valence-corrected chi connectivity index (χ2v) is 8.53. The Hall–Kier alpha value is -0.910. The van der Waals surface area contributed by atoms with E-state index in [0.29, 0.717) is 17.6 Å². The van der Waals surface area contributed by atoms with Crippen LogP contribution in [-0.4, -0.2) is 23.2 Å². The number of hydrogen-bond donors (Lipinski definition) is 2. The fourth-order valence-electron chi connectivity index (χ4n) is 4.23. The molecule has 1 aromatic carbocycles. The summed E-state index contributed by atoms with van der Waals surface area (Å²) in [5.41, 5.74) is 5.12. The number of nitrogens with one attached hydrogen (secondary N) is 1. The Morgan fingerprint density at radius 3 is 2.58 bits per heavy atom. The summed E-state index contributed by atoms with van der Waals surface area (Å²) in [5.74, 6) is 1.21. The number of piperidine rings is 1. The van der Waals surface area contributed by atoms with Crippen LogP contribution in [0, 0.1) is 5.92 Å². The standard InChI is InChI=1S/C19H20Br2N2O/c20-14-7-13-2-1-12-8-15(24)9-16(21)17(12)18(19(13)23-10-14)11-3-5-22-6-4-11/h7-11,18,22,24H,1-6H2/t18-/m0/s1. The number of hydrogen-bond acceptors (Lipinski definition) is 3. The Balaban J connectivity index is 1.91. The summed E-state index contributed by atoms with van der Waals surface area (Å²) in [6.07, 6.45) is 6.15. The van der Waals surface area contributed by atoms with E-state index in [2.05, 4.69) is 43.2 Å². The molecule has 1 saturated heterocycles. The molecule has 2 heterocycles. The Bertz CT molecular complexity index is 772. The Kier molecular flexibility index (Phi) is 4.67. The Morgan fingerprint density at radius 2 is 1.79 bits per heavy atom. The molecule has 126 valence electrons. The number of aromatic nitrogens is 1. The number of aryl methyl sites for hydroxylation is 2. The van der Waals surface area contributed by atoms with Gasteiger partial charge >= 0.3 is 0 Å². The van der Waals surface area contributed by atoms with Gasteiger partial charge in [-0.2, -0.15) is 0 Å². The van der Waals surface area contributed by atoms with Crippen molar-refractivity contribution < 1.29 is 5.11 Å². The topological polar surface area (TPSA) is 45.2 Å². The van der Waals surface area contributed by atoms with E-state index < -0.39 is 0 Å². The number of fused-ring (bicyclic) bond motifs is 2. The molecule has 24 heavy (non-hydrogen) atoms. The van der Waals surface area contributed by atoms with Crippen molar-refractivity contribution in [3.63, 3.8) is 0 Å². The summed E-state index contributed by atoms with van der Waals surface area (Å²) in [4.78, 5) is 4.85. The van der Waals surface area contributed by atoms with Gasteiger partial charge < -0.3 is 10.4 Å². The Morgan fingerprint density at radius 1 is 1.04 bits per heavy atom. The maximum absolute atomic E-state index is 10.1. The van der Waals surface area contributed by atoms with E-state index in [0.717, 1.165) is 47.7 Å². The zero-order valence-corrected chi connectivity index (χ0v) is 16.5. The van der Waals surface area contributed by atoms with Crippen LogP contribution in [0.3, 0.4) is 0 Å². The SMILES string of the molecule is Oc1cc(Br)c2c(c1)CCc1cc(Br)cnc1[C@H]2C1CCNCC1. The van der Waals surface area contributed by atoms with Crippen LogP contribution >= 0.6 is 31.9 Å². The van der Waals surface area contributed by atoms with E-state index in [-0.39, 0.29) is 0 Å². The van der Waals surface area contributed by atoms with Gasteiger partial charge in [0.1, 0.15) is 5.75 Å². The number of aromatic hydroxyl groups is 1. The number of pyridine rings is 1. The second-order valence-electron chi connectivity index (χ2n) is 6.76. The number of phenolic OH excluding ortho intramolecular Hbond substituents is 1. The molecule has 0 radical (unpaired) electrons. The van der Waals surface area contributed by atoms with E-state index >= 15 is 0 Å². The fourth-order valence-corrected chi connectivity index (χ4v) is 5.34. The molecule has 5 heteroatoms. The van der Waals surface area contributed by atoms with Gasteiger partial charge in [-0.05, 0) is 95.5 Å². The molecule has 0 amide bonds. The molecule has 2 N–H and O–H groups in total. The first-order valence-electron chi connectivity index (χ1n) is 8.50. The van der Waals surface area contributed by atoms with Crippen molar-refractivity contribution in [3.8, 4) is 5.75 Å². The molecule has 3 nitrogen and oxygen atoms in total. The molecule has 1 atom stereocenters. The number of benzene rings is 1. The summed E-state index contributed by atoms with van der Waals surface area (Å²) < 4.78 is 2.05. The molecule has 1 aliphatic carbocycles. The highest BCUT2D eigenvalue weighted by Crippen LogP contribution is 2.45. The van der Waals surface area contributed by atoms with Crippen LogP contribution in [0.2, 0.25) is 0 Å². The van der Waals surface area contributed by atoms with Crippen molar-refractivity contribution >= 4 is 31.9 Å².